The number of allylic oxidation sites excluding steroid dienone is 2. The number of rotatable bonds is 1. The van der Waals surface area contributed by atoms with Crippen molar-refractivity contribution in [3.63, 3.8) is 0 Å². The summed E-state index contributed by atoms with van der Waals surface area (Å²) >= 11 is 3.44. The van der Waals surface area contributed by atoms with E-state index in [9.17, 15) is 13.2 Å². The molecule has 1 nitrogen and oxygen atoms in total. The molecule has 0 amide bonds. The van der Waals surface area contributed by atoms with Crippen molar-refractivity contribution < 1.29 is 17.9 Å². The van der Waals surface area contributed by atoms with Crippen LogP contribution in [-0.4, -0.2) is 6.18 Å². The lowest BCUT2D eigenvalue weighted by Crippen LogP contribution is -2.22. The Labute approximate surface area is 150 Å². The number of alkyl halides is 3. The van der Waals surface area contributed by atoms with E-state index in [1.54, 1.807) is 12.1 Å². The van der Waals surface area contributed by atoms with Crippen molar-refractivity contribution in [3.05, 3.63) is 88.1 Å². The van der Waals surface area contributed by atoms with Gasteiger partial charge in [0.15, 0.2) is 0 Å². The molecule has 126 valence electrons. The molecule has 1 atom stereocenters. The van der Waals surface area contributed by atoms with E-state index in [1.807, 2.05) is 48.5 Å². The Bertz CT molecular complexity index is 977. The maximum atomic E-state index is 13.3. The highest BCUT2D eigenvalue weighted by Crippen LogP contribution is 2.46. The number of halogens is 4. The van der Waals surface area contributed by atoms with Gasteiger partial charge in [0.2, 0.25) is 5.76 Å². The first-order valence-electron chi connectivity index (χ1n) is 7.67. The van der Waals surface area contributed by atoms with Crippen LogP contribution in [0.25, 0.3) is 10.8 Å². The molecule has 4 rings (SSSR count). The van der Waals surface area contributed by atoms with Crippen LogP contribution in [0.5, 0.6) is 5.75 Å². The predicted molar refractivity (Wildman–Crippen MR) is 94.7 cm³/mol. The SMILES string of the molecule is FC(F)(F)C1=CC(c2ccccc2)c2c(ccc3ccc(Br)cc23)O1. The van der Waals surface area contributed by atoms with Gasteiger partial charge >= 0.3 is 6.18 Å². The van der Waals surface area contributed by atoms with Gasteiger partial charge in [-0.15, -0.1) is 0 Å². The van der Waals surface area contributed by atoms with Gasteiger partial charge in [0, 0.05) is 16.0 Å². The summed E-state index contributed by atoms with van der Waals surface area (Å²) in [6, 6.07) is 18.3. The Morgan fingerprint density at radius 2 is 1.64 bits per heavy atom. The van der Waals surface area contributed by atoms with Gasteiger partial charge < -0.3 is 4.74 Å². The average Bonchev–Trinajstić information content (AvgIpc) is 2.60. The van der Waals surface area contributed by atoms with Crippen LogP contribution in [0.3, 0.4) is 0 Å². The Morgan fingerprint density at radius 3 is 2.36 bits per heavy atom. The summed E-state index contributed by atoms with van der Waals surface area (Å²) < 4.78 is 46.0. The van der Waals surface area contributed by atoms with Crippen molar-refractivity contribution in [1.82, 2.24) is 0 Å². The summed E-state index contributed by atoms with van der Waals surface area (Å²) in [7, 11) is 0. The fraction of sp³-hybridized carbons (Fsp3) is 0.100. The first kappa shape index (κ1) is 16.2. The van der Waals surface area contributed by atoms with Crippen LogP contribution in [-0.2, 0) is 0 Å². The van der Waals surface area contributed by atoms with Crippen molar-refractivity contribution in [1.29, 1.82) is 0 Å². The van der Waals surface area contributed by atoms with Crippen LogP contribution in [0.2, 0.25) is 0 Å². The molecule has 1 aliphatic heterocycles. The van der Waals surface area contributed by atoms with Gasteiger partial charge in [0.05, 0.1) is 0 Å². The number of hydrogen-bond donors (Lipinski definition) is 0. The van der Waals surface area contributed by atoms with Crippen LogP contribution in [0.15, 0.2) is 77.0 Å². The van der Waals surface area contributed by atoms with Crippen molar-refractivity contribution in [2.24, 2.45) is 0 Å². The molecule has 0 saturated heterocycles. The smallest absolute Gasteiger partial charge is 0.449 e. The largest absolute Gasteiger partial charge is 0.452 e. The van der Waals surface area contributed by atoms with Crippen LogP contribution in [0, 0.1) is 0 Å². The Balaban J connectivity index is 2.01. The van der Waals surface area contributed by atoms with Crippen molar-refractivity contribution in [3.8, 4) is 5.75 Å². The van der Waals surface area contributed by atoms with E-state index in [4.69, 9.17) is 4.74 Å². The van der Waals surface area contributed by atoms with Gasteiger partial charge in [0.1, 0.15) is 5.75 Å². The van der Waals surface area contributed by atoms with Gasteiger partial charge in [-0.25, -0.2) is 0 Å². The van der Waals surface area contributed by atoms with Crippen LogP contribution in [0.4, 0.5) is 13.2 Å². The normalized spacial score (nSPS) is 17.0. The molecule has 3 aromatic rings. The Hall–Kier alpha value is -2.27. The monoisotopic (exact) mass is 404 g/mol. The van der Waals surface area contributed by atoms with E-state index in [0.29, 0.717) is 0 Å². The van der Waals surface area contributed by atoms with Crippen LogP contribution < -0.4 is 4.74 Å². The molecule has 0 aliphatic carbocycles. The maximum Gasteiger partial charge on any atom is 0.449 e. The minimum atomic E-state index is -4.53. The zero-order chi connectivity index (χ0) is 17.6. The van der Waals surface area contributed by atoms with Gasteiger partial charge in [-0.2, -0.15) is 13.2 Å². The third-order valence-corrected chi connectivity index (χ3v) is 4.77. The van der Waals surface area contributed by atoms with Gasteiger partial charge in [0.25, 0.3) is 0 Å². The molecule has 0 spiro atoms. The standard InChI is InChI=1S/C20H12BrF3O/c21-14-8-6-13-7-9-17-19(15(13)10-14)16(12-4-2-1-3-5-12)11-18(25-17)20(22,23)24/h1-11,16H. The predicted octanol–water partition coefficient (Wildman–Crippen LogP) is 6.57. The lowest BCUT2D eigenvalue weighted by Gasteiger charge is -2.27. The van der Waals surface area contributed by atoms with Gasteiger partial charge in [-0.05, 0) is 40.6 Å². The third-order valence-electron chi connectivity index (χ3n) is 4.27. The Kier molecular flexibility index (Phi) is 3.84. The van der Waals surface area contributed by atoms with E-state index in [1.165, 1.54) is 0 Å². The van der Waals surface area contributed by atoms with Gasteiger partial charge in [-0.3, -0.25) is 0 Å². The van der Waals surface area contributed by atoms with Crippen LogP contribution >= 0.6 is 15.9 Å². The molecular weight excluding hydrogens is 393 g/mol. The summed E-state index contributed by atoms with van der Waals surface area (Å²) in [6.07, 6.45) is -3.37. The molecular formula is C20H12BrF3O. The second-order valence-corrected chi connectivity index (χ2v) is 6.78. The third kappa shape index (κ3) is 2.93. The first-order chi connectivity index (χ1) is 11.9. The zero-order valence-corrected chi connectivity index (χ0v) is 14.4. The quantitative estimate of drug-likeness (QED) is 0.445. The van der Waals surface area contributed by atoms with Crippen molar-refractivity contribution in [2.45, 2.75) is 12.1 Å². The molecule has 5 heteroatoms. The van der Waals surface area contributed by atoms with E-state index in [0.717, 1.165) is 32.4 Å². The number of ether oxygens (including phenoxy) is 1. The lowest BCUT2D eigenvalue weighted by atomic mass is 9.85. The second-order valence-electron chi connectivity index (χ2n) is 5.86. The fourth-order valence-electron chi connectivity index (χ4n) is 3.17. The Morgan fingerprint density at radius 1 is 0.920 bits per heavy atom. The minimum Gasteiger partial charge on any atom is -0.452 e. The molecule has 25 heavy (non-hydrogen) atoms. The topological polar surface area (TPSA) is 9.23 Å². The molecule has 3 aromatic carbocycles. The molecule has 0 radical (unpaired) electrons. The first-order valence-corrected chi connectivity index (χ1v) is 8.47. The van der Waals surface area contributed by atoms with E-state index in [2.05, 4.69) is 15.9 Å². The molecule has 0 saturated carbocycles. The summed E-state index contributed by atoms with van der Waals surface area (Å²) in [5.74, 6) is -1.25. The lowest BCUT2D eigenvalue weighted by molar-refractivity contribution is -0.117. The molecule has 1 aliphatic rings. The maximum absolute atomic E-state index is 13.3. The molecule has 0 N–H and O–H groups in total. The fourth-order valence-corrected chi connectivity index (χ4v) is 3.53. The summed E-state index contributed by atoms with van der Waals surface area (Å²) in [5.41, 5.74) is 1.54. The van der Waals surface area contributed by atoms with E-state index in [-0.39, 0.29) is 5.75 Å². The molecule has 0 fully saturated rings. The molecule has 0 aromatic heterocycles. The number of hydrogen-bond acceptors (Lipinski definition) is 1. The van der Waals surface area contributed by atoms with E-state index < -0.39 is 17.9 Å². The highest BCUT2D eigenvalue weighted by molar-refractivity contribution is 9.10. The minimum absolute atomic E-state index is 0.245. The van der Waals surface area contributed by atoms with Crippen molar-refractivity contribution >= 4 is 26.7 Å². The number of fused-ring (bicyclic) bond motifs is 3. The molecule has 1 heterocycles. The highest BCUT2D eigenvalue weighted by atomic mass is 79.9. The summed E-state index contributed by atoms with van der Waals surface area (Å²) in [4.78, 5) is 0. The summed E-state index contributed by atoms with van der Waals surface area (Å²) in [6.45, 7) is 0. The van der Waals surface area contributed by atoms with E-state index >= 15 is 0 Å². The van der Waals surface area contributed by atoms with Crippen LogP contribution in [0.1, 0.15) is 17.0 Å². The number of benzene rings is 3. The molecule has 1 unspecified atom stereocenters. The second kappa shape index (κ2) is 5.92. The highest BCUT2D eigenvalue weighted by Gasteiger charge is 2.40. The zero-order valence-electron chi connectivity index (χ0n) is 12.8. The average molecular weight is 405 g/mol. The van der Waals surface area contributed by atoms with Gasteiger partial charge in [-0.1, -0.05) is 58.4 Å². The summed E-state index contributed by atoms with van der Waals surface area (Å²) in [5, 5.41) is 1.83. The van der Waals surface area contributed by atoms with Crippen molar-refractivity contribution in [2.75, 3.05) is 0 Å². The molecule has 0 bridgehead atoms.